The van der Waals surface area contributed by atoms with E-state index in [9.17, 15) is 4.79 Å². The lowest BCUT2D eigenvalue weighted by atomic mass is 10.1. The molecule has 3 rings (SSSR count). The molecule has 0 atom stereocenters. The zero-order chi connectivity index (χ0) is 14.7. The summed E-state index contributed by atoms with van der Waals surface area (Å²) in [5, 5.41) is 5.60. The van der Waals surface area contributed by atoms with E-state index in [-0.39, 0.29) is 0 Å². The Bertz CT molecular complexity index is 620. The van der Waals surface area contributed by atoms with Crippen molar-refractivity contribution in [1.82, 2.24) is 4.98 Å². The van der Waals surface area contributed by atoms with Crippen molar-refractivity contribution in [3.05, 3.63) is 29.6 Å². The topological polar surface area (TPSA) is 80.5 Å². The molecule has 1 aromatic carbocycles. The predicted octanol–water partition coefficient (Wildman–Crippen LogP) is 2.14. The number of nitrogens with two attached hydrogens (primary N) is 1. The van der Waals surface area contributed by atoms with E-state index >= 15 is 0 Å². The number of rotatable bonds is 3. The molecule has 1 aliphatic rings. The number of ether oxygens (including phenoxy) is 1. The maximum absolute atomic E-state index is 10.8. The molecule has 1 saturated heterocycles. The largest absolute Gasteiger partial charge is 0.378 e. The summed E-state index contributed by atoms with van der Waals surface area (Å²) in [7, 11) is 0. The summed E-state index contributed by atoms with van der Waals surface area (Å²) < 4.78 is 5.35. The van der Waals surface area contributed by atoms with Crippen LogP contribution in [0.2, 0.25) is 0 Å². The molecule has 3 N–H and O–H groups in total. The van der Waals surface area contributed by atoms with E-state index in [0.29, 0.717) is 5.69 Å². The molecule has 0 aliphatic carbocycles. The van der Waals surface area contributed by atoms with Gasteiger partial charge in [0.15, 0.2) is 5.13 Å². The Morgan fingerprint density at radius 1 is 1.29 bits per heavy atom. The SMILES string of the molecule is NC(=O)Nc1ccc(-c2csc(N3CCOCC3)n2)cc1. The van der Waals surface area contributed by atoms with Gasteiger partial charge in [0.2, 0.25) is 0 Å². The fourth-order valence-corrected chi connectivity index (χ4v) is 3.05. The zero-order valence-electron chi connectivity index (χ0n) is 11.4. The van der Waals surface area contributed by atoms with E-state index in [1.807, 2.05) is 29.6 Å². The van der Waals surface area contributed by atoms with E-state index in [1.54, 1.807) is 11.3 Å². The average Bonchev–Trinajstić information content (AvgIpc) is 2.98. The normalized spacial score (nSPS) is 15.0. The number of benzene rings is 1. The minimum absolute atomic E-state index is 0.564. The van der Waals surface area contributed by atoms with Crippen LogP contribution in [-0.4, -0.2) is 37.3 Å². The lowest BCUT2D eigenvalue weighted by Gasteiger charge is -2.26. The van der Waals surface area contributed by atoms with Crippen LogP contribution >= 0.6 is 11.3 Å². The van der Waals surface area contributed by atoms with Crippen LogP contribution in [0, 0.1) is 0 Å². The number of carbonyl (C=O) groups is 1. The molecule has 0 spiro atoms. The van der Waals surface area contributed by atoms with Crippen molar-refractivity contribution in [1.29, 1.82) is 0 Å². The molecule has 6 nitrogen and oxygen atoms in total. The van der Waals surface area contributed by atoms with E-state index in [2.05, 4.69) is 15.2 Å². The third kappa shape index (κ3) is 3.32. The summed E-state index contributed by atoms with van der Waals surface area (Å²) in [5.74, 6) is 0. The fraction of sp³-hybridized carbons (Fsp3) is 0.286. The van der Waals surface area contributed by atoms with Crippen LogP contribution in [-0.2, 0) is 4.74 Å². The van der Waals surface area contributed by atoms with Crippen molar-refractivity contribution in [2.75, 3.05) is 36.5 Å². The van der Waals surface area contributed by atoms with E-state index in [0.717, 1.165) is 42.7 Å². The molecule has 1 aromatic heterocycles. The molecular formula is C14H16N4O2S. The maximum Gasteiger partial charge on any atom is 0.316 e. The molecule has 2 aromatic rings. The van der Waals surface area contributed by atoms with Gasteiger partial charge in [0.25, 0.3) is 0 Å². The number of urea groups is 1. The van der Waals surface area contributed by atoms with Gasteiger partial charge in [-0.2, -0.15) is 0 Å². The highest BCUT2D eigenvalue weighted by atomic mass is 32.1. The van der Waals surface area contributed by atoms with Crippen LogP contribution in [0.5, 0.6) is 0 Å². The van der Waals surface area contributed by atoms with Crippen molar-refractivity contribution in [2.24, 2.45) is 5.73 Å². The third-order valence-corrected chi connectivity index (χ3v) is 4.12. The number of primary amides is 1. The number of anilines is 2. The highest BCUT2D eigenvalue weighted by Crippen LogP contribution is 2.28. The molecule has 1 aliphatic heterocycles. The molecule has 2 heterocycles. The number of nitrogens with one attached hydrogen (secondary N) is 1. The van der Waals surface area contributed by atoms with Crippen molar-refractivity contribution >= 4 is 28.2 Å². The Morgan fingerprint density at radius 3 is 2.67 bits per heavy atom. The molecule has 110 valence electrons. The second-order valence-corrected chi connectivity index (χ2v) is 5.52. The van der Waals surface area contributed by atoms with Gasteiger partial charge in [-0.05, 0) is 12.1 Å². The summed E-state index contributed by atoms with van der Waals surface area (Å²) in [4.78, 5) is 17.7. The van der Waals surface area contributed by atoms with Gasteiger partial charge >= 0.3 is 6.03 Å². The van der Waals surface area contributed by atoms with Crippen LogP contribution in [0.4, 0.5) is 15.6 Å². The Balaban J connectivity index is 1.74. The van der Waals surface area contributed by atoms with Gasteiger partial charge < -0.3 is 20.7 Å². The molecule has 0 saturated carbocycles. The van der Waals surface area contributed by atoms with Crippen molar-refractivity contribution in [3.8, 4) is 11.3 Å². The number of hydrogen-bond donors (Lipinski definition) is 2. The smallest absolute Gasteiger partial charge is 0.316 e. The Hall–Kier alpha value is -2.12. The molecule has 1 fully saturated rings. The number of thiazole rings is 1. The van der Waals surface area contributed by atoms with Gasteiger partial charge in [-0.3, -0.25) is 0 Å². The van der Waals surface area contributed by atoms with Gasteiger partial charge in [0, 0.05) is 29.7 Å². The van der Waals surface area contributed by atoms with Crippen molar-refractivity contribution in [2.45, 2.75) is 0 Å². The molecule has 0 radical (unpaired) electrons. The summed E-state index contributed by atoms with van der Waals surface area (Å²) in [6.07, 6.45) is 0. The van der Waals surface area contributed by atoms with E-state index < -0.39 is 6.03 Å². The second kappa shape index (κ2) is 6.11. The standard InChI is InChI=1S/C14H16N4O2S/c15-13(19)16-11-3-1-10(2-4-11)12-9-21-14(17-12)18-5-7-20-8-6-18/h1-4,9H,5-8H2,(H3,15,16,19). The minimum Gasteiger partial charge on any atom is -0.378 e. The van der Waals surface area contributed by atoms with Gasteiger partial charge in [-0.25, -0.2) is 9.78 Å². The van der Waals surface area contributed by atoms with Crippen LogP contribution in [0.25, 0.3) is 11.3 Å². The first-order valence-electron chi connectivity index (χ1n) is 6.67. The number of hydrogen-bond acceptors (Lipinski definition) is 5. The first-order chi connectivity index (χ1) is 10.2. The van der Waals surface area contributed by atoms with Crippen LogP contribution in [0.3, 0.4) is 0 Å². The summed E-state index contributed by atoms with van der Waals surface area (Å²) in [5.41, 5.74) is 7.71. The van der Waals surface area contributed by atoms with Crippen molar-refractivity contribution in [3.63, 3.8) is 0 Å². The Kier molecular flexibility index (Phi) is 4.03. The molecule has 21 heavy (non-hydrogen) atoms. The lowest BCUT2D eigenvalue weighted by molar-refractivity contribution is 0.122. The van der Waals surface area contributed by atoms with Crippen LogP contribution in [0.15, 0.2) is 29.6 Å². The third-order valence-electron chi connectivity index (χ3n) is 3.22. The minimum atomic E-state index is -0.564. The molecular weight excluding hydrogens is 288 g/mol. The van der Waals surface area contributed by atoms with E-state index in [1.165, 1.54) is 0 Å². The molecule has 0 bridgehead atoms. The molecule has 2 amide bonds. The van der Waals surface area contributed by atoms with Gasteiger partial charge in [-0.1, -0.05) is 12.1 Å². The van der Waals surface area contributed by atoms with E-state index in [4.69, 9.17) is 10.5 Å². The molecule has 7 heteroatoms. The molecule has 0 unspecified atom stereocenters. The summed E-state index contributed by atoms with van der Waals surface area (Å²) >= 11 is 1.64. The highest BCUT2D eigenvalue weighted by molar-refractivity contribution is 7.14. The number of nitrogens with zero attached hydrogens (tertiary/aromatic N) is 2. The average molecular weight is 304 g/mol. The van der Waals surface area contributed by atoms with Crippen LogP contribution < -0.4 is 16.0 Å². The monoisotopic (exact) mass is 304 g/mol. The summed E-state index contributed by atoms with van der Waals surface area (Å²) in [6, 6.07) is 6.90. The second-order valence-electron chi connectivity index (χ2n) is 4.68. The van der Waals surface area contributed by atoms with Gasteiger partial charge in [0.05, 0.1) is 18.9 Å². The predicted molar refractivity (Wildman–Crippen MR) is 83.8 cm³/mol. The quantitative estimate of drug-likeness (QED) is 0.910. The zero-order valence-corrected chi connectivity index (χ0v) is 12.2. The Labute approximate surface area is 126 Å². The van der Waals surface area contributed by atoms with Crippen LogP contribution in [0.1, 0.15) is 0 Å². The Morgan fingerprint density at radius 2 is 2.00 bits per heavy atom. The highest BCUT2D eigenvalue weighted by Gasteiger charge is 2.15. The lowest BCUT2D eigenvalue weighted by Crippen LogP contribution is -2.36. The fourth-order valence-electron chi connectivity index (χ4n) is 2.16. The van der Waals surface area contributed by atoms with Gasteiger partial charge in [0.1, 0.15) is 0 Å². The number of amides is 2. The first kappa shape index (κ1) is 13.8. The number of carbonyl (C=O) groups excluding carboxylic acids is 1. The first-order valence-corrected chi connectivity index (χ1v) is 7.55. The van der Waals surface area contributed by atoms with Crippen molar-refractivity contribution < 1.29 is 9.53 Å². The van der Waals surface area contributed by atoms with Gasteiger partial charge in [-0.15, -0.1) is 11.3 Å². The maximum atomic E-state index is 10.8. The number of morpholine rings is 1. The number of aromatic nitrogens is 1. The summed E-state index contributed by atoms with van der Waals surface area (Å²) in [6.45, 7) is 3.27.